The van der Waals surface area contributed by atoms with Crippen LogP contribution in [0.1, 0.15) is 36.4 Å². The molecule has 0 radical (unpaired) electrons. The average Bonchev–Trinajstić information content (AvgIpc) is 3.63. The molecule has 2 aromatic heterocycles. The molecule has 1 unspecified atom stereocenters. The Morgan fingerprint density at radius 3 is 1.83 bits per heavy atom. The third-order valence-electron chi connectivity index (χ3n) is 7.89. The minimum atomic E-state index is -2.58. The summed E-state index contributed by atoms with van der Waals surface area (Å²) in [6, 6.07) is 27.3. The molecule has 0 saturated carbocycles. The van der Waals surface area contributed by atoms with Gasteiger partial charge in [0.15, 0.2) is 5.75 Å². The Morgan fingerprint density at radius 1 is 0.717 bits per heavy atom. The predicted octanol–water partition coefficient (Wildman–Crippen LogP) is 8.70. The summed E-state index contributed by atoms with van der Waals surface area (Å²) in [4.78, 5) is 19.4. The summed E-state index contributed by atoms with van der Waals surface area (Å²) in [6.45, 7) is 18.6. The Labute approximate surface area is 306 Å². The highest BCUT2D eigenvalue weighted by molar-refractivity contribution is 5.62. The van der Waals surface area contributed by atoms with Crippen LogP contribution in [0.4, 0.5) is 22.7 Å². The van der Waals surface area contributed by atoms with Crippen molar-refractivity contribution < 1.29 is 23.9 Å². The molecule has 6 aromatic rings. The molecule has 14 nitrogen and oxygen atoms in total. The van der Waals surface area contributed by atoms with Crippen molar-refractivity contribution in [2.24, 2.45) is 9.98 Å². The largest absolute Gasteiger partial charge is 0.613 e. The normalized spacial score (nSPS) is 11.7. The molecule has 272 valence electrons. The molecule has 2 N–H and O–H groups in total. The van der Waals surface area contributed by atoms with Gasteiger partial charge in [-0.25, -0.2) is 4.68 Å². The third-order valence-corrected chi connectivity index (χ3v) is 7.89. The first kappa shape index (κ1) is 37.3. The number of aromatic nitrogens is 4. The fourth-order valence-corrected chi connectivity index (χ4v) is 5.21. The van der Waals surface area contributed by atoms with Crippen LogP contribution in [-0.2, 0) is 0 Å². The highest BCUT2D eigenvalue weighted by Crippen LogP contribution is 2.42. The molecule has 0 fully saturated rings. The number of rotatable bonds is 13. The predicted molar refractivity (Wildman–Crippen MR) is 205 cm³/mol. The number of hydrogen-bond donors (Lipinski definition) is 1. The number of aliphatic imine (C=N–C) groups is 2. The second-order valence-electron chi connectivity index (χ2n) is 11.4. The SMILES string of the molecule is C=Nc1cc([N+](=O)[O-])ccc1OC(Oc1ccc(N)cc1C)(Oc1c(C)c(C)nn1-c1ccccc1)Oc1c(N=C)c(C)nn1-c1ccccc1.CC. The van der Waals surface area contributed by atoms with Crippen molar-refractivity contribution in [3.05, 3.63) is 130 Å². The van der Waals surface area contributed by atoms with Gasteiger partial charge in [-0.15, -0.1) is 0 Å². The van der Waals surface area contributed by atoms with Crippen molar-refractivity contribution >= 4 is 36.2 Å². The number of nitro groups is 1. The van der Waals surface area contributed by atoms with Crippen LogP contribution in [0.15, 0.2) is 107 Å². The molecule has 1 atom stereocenters. The van der Waals surface area contributed by atoms with Crippen LogP contribution in [0.25, 0.3) is 11.4 Å². The fraction of sp³-hybridized carbons (Fsp3) is 0.179. The van der Waals surface area contributed by atoms with Crippen molar-refractivity contribution in [1.29, 1.82) is 0 Å². The van der Waals surface area contributed by atoms with Crippen LogP contribution in [0.5, 0.6) is 23.3 Å². The van der Waals surface area contributed by atoms with Gasteiger partial charge in [-0.05, 0) is 95.2 Å². The second-order valence-corrected chi connectivity index (χ2v) is 11.4. The Morgan fingerprint density at radius 2 is 1.26 bits per heavy atom. The van der Waals surface area contributed by atoms with Gasteiger partial charge in [-0.2, -0.15) is 14.9 Å². The van der Waals surface area contributed by atoms with E-state index in [0.717, 1.165) is 0 Å². The molecule has 0 aliphatic heterocycles. The highest BCUT2D eigenvalue weighted by Gasteiger charge is 2.48. The molecule has 0 amide bonds. The molecule has 0 bridgehead atoms. The third kappa shape index (κ3) is 7.86. The Kier molecular flexibility index (Phi) is 11.2. The zero-order chi connectivity index (χ0) is 38.3. The van der Waals surface area contributed by atoms with E-state index in [-0.39, 0.29) is 40.3 Å². The van der Waals surface area contributed by atoms with E-state index in [1.807, 2.05) is 88.4 Å². The first-order chi connectivity index (χ1) is 25.5. The van der Waals surface area contributed by atoms with E-state index in [9.17, 15) is 10.1 Å². The average molecular weight is 717 g/mol. The Balaban J connectivity index is 0.00000266. The lowest BCUT2D eigenvalue weighted by atomic mass is 10.2. The van der Waals surface area contributed by atoms with Crippen LogP contribution in [0, 0.1) is 37.8 Å². The number of anilines is 1. The van der Waals surface area contributed by atoms with Gasteiger partial charge in [-0.3, -0.25) is 20.1 Å². The summed E-state index contributed by atoms with van der Waals surface area (Å²) in [5.74, 6) is 0.462. The summed E-state index contributed by atoms with van der Waals surface area (Å²) in [5, 5.41) is 21.1. The number of ether oxygens (including phenoxy) is 4. The van der Waals surface area contributed by atoms with Gasteiger partial charge in [-0.1, -0.05) is 50.2 Å². The number of benzene rings is 4. The molecule has 0 saturated heterocycles. The van der Waals surface area contributed by atoms with Crippen LogP contribution in [0.3, 0.4) is 0 Å². The number of non-ortho nitro benzene ring substituents is 1. The first-order valence-electron chi connectivity index (χ1n) is 16.6. The van der Waals surface area contributed by atoms with E-state index >= 15 is 0 Å². The quantitative estimate of drug-likeness (QED) is 0.0404. The molecule has 14 heteroatoms. The zero-order valence-electron chi connectivity index (χ0n) is 30.3. The van der Waals surface area contributed by atoms with Gasteiger partial charge < -0.3 is 24.7 Å². The van der Waals surface area contributed by atoms with Gasteiger partial charge >= 0.3 is 6.16 Å². The van der Waals surface area contributed by atoms with Gasteiger partial charge in [0.25, 0.3) is 11.6 Å². The molecule has 6 rings (SSSR count). The lowest BCUT2D eigenvalue weighted by Crippen LogP contribution is -2.54. The molecular weight excluding hydrogens is 676 g/mol. The fourth-order valence-electron chi connectivity index (χ4n) is 5.21. The van der Waals surface area contributed by atoms with E-state index in [1.54, 1.807) is 36.7 Å². The molecular formula is C39H40N8O6. The van der Waals surface area contributed by atoms with E-state index in [4.69, 9.17) is 34.9 Å². The van der Waals surface area contributed by atoms with Crippen molar-refractivity contribution in [3.63, 3.8) is 0 Å². The van der Waals surface area contributed by atoms with Crippen molar-refractivity contribution in [2.45, 2.75) is 47.7 Å². The van der Waals surface area contributed by atoms with Crippen molar-refractivity contribution in [3.8, 4) is 34.6 Å². The number of hydrogen-bond acceptors (Lipinski definition) is 11. The van der Waals surface area contributed by atoms with Crippen LogP contribution < -0.4 is 24.7 Å². The van der Waals surface area contributed by atoms with Gasteiger partial charge in [0.05, 0.1) is 27.7 Å². The second kappa shape index (κ2) is 15.9. The maximum absolute atomic E-state index is 11.7. The maximum Gasteiger partial charge on any atom is 0.613 e. The number of nitrogen functional groups attached to an aromatic ring is 1. The van der Waals surface area contributed by atoms with Crippen LogP contribution >= 0.6 is 0 Å². The molecule has 0 aliphatic carbocycles. The first-order valence-corrected chi connectivity index (χ1v) is 16.6. The molecule has 0 spiro atoms. The molecule has 53 heavy (non-hydrogen) atoms. The summed E-state index contributed by atoms with van der Waals surface area (Å²) < 4.78 is 30.0. The lowest BCUT2D eigenvalue weighted by molar-refractivity contribution is -0.385. The van der Waals surface area contributed by atoms with Crippen molar-refractivity contribution in [2.75, 3.05) is 5.73 Å². The highest BCUT2D eigenvalue weighted by atomic mass is 17.0. The van der Waals surface area contributed by atoms with E-state index in [0.29, 0.717) is 39.6 Å². The monoisotopic (exact) mass is 716 g/mol. The Bertz CT molecular complexity index is 2250. The number of aryl methyl sites for hydroxylation is 3. The summed E-state index contributed by atoms with van der Waals surface area (Å²) >= 11 is 0. The van der Waals surface area contributed by atoms with Gasteiger partial charge in [0.1, 0.15) is 17.1 Å². The Hall–Kier alpha value is -6.96. The van der Waals surface area contributed by atoms with E-state index in [1.165, 1.54) is 22.9 Å². The van der Waals surface area contributed by atoms with Crippen molar-refractivity contribution in [1.82, 2.24) is 19.6 Å². The van der Waals surface area contributed by atoms with Gasteiger partial charge in [0, 0.05) is 23.4 Å². The topological polar surface area (TPSA) is 166 Å². The number of nitrogens with zero attached hydrogens (tertiary/aromatic N) is 7. The maximum atomic E-state index is 11.7. The van der Waals surface area contributed by atoms with Crippen LogP contribution in [-0.4, -0.2) is 44.1 Å². The summed E-state index contributed by atoms with van der Waals surface area (Å²) in [6.07, 6.45) is -2.58. The van der Waals surface area contributed by atoms with Crippen LogP contribution in [0.2, 0.25) is 0 Å². The molecule has 4 aromatic carbocycles. The number of nitrogens with two attached hydrogens (primary N) is 1. The molecule has 0 aliphatic rings. The summed E-state index contributed by atoms with van der Waals surface area (Å²) in [5.41, 5.74) is 10.3. The zero-order valence-corrected chi connectivity index (χ0v) is 30.3. The number of para-hydroxylation sites is 2. The number of nitro benzene ring substituents is 1. The summed E-state index contributed by atoms with van der Waals surface area (Å²) in [7, 11) is 0. The molecule has 2 heterocycles. The van der Waals surface area contributed by atoms with E-state index < -0.39 is 11.1 Å². The smallest absolute Gasteiger partial charge is 0.399 e. The van der Waals surface area contributed by atoms with E-state index in [2.05, 4.69) is 23.4 Å². The lowest BCUT2D eigenvalue weighted by Gasteiger charge is -2.33. The minimum absolute atomic E-state index is 0.0117. The van der Waals surface area contributed by atoms with Gasteiger partial charge in [0.2, 0.25) is 5.88 Å². The minimum Gasteiger partial charge on any atom is -0.399 e. The standard InChI is InChI=1S/C37H34N8O6.C2H6/c1-23-21-27(38)17-19-32(23)48-37(49-33-20-18-30(45(46)47)22-31(33)39-5,50-35-24(2)25(3)41-43(35)28-13-9-7-10-14-28)51-36-34(40-6)26(4)42-44(36)29-15-11-8-12-16-29;1-2/h7-22H,5-6,38H2,1-4H3;1-2H3.